The molecule has 0 amide bonds. The molecule has 2 rings (SSSR count). The zero-order valence-electron chi connectivity index (χ0n) is 10.6. The van der Waals surface area contributed by atoms with Crippen molar-refractivity contribution in [2.24, 2.45) is 0 Å². The highest BCUT2D eigenvalue weighted by molar-refractivity contribution is 7.09. The van der Waals surface area contributed by atoms with Crippen LogP contribution in [-0.4, -0.2) is 23.6 Å². The van der Waals surface area contributed by atoms with Crippen molar-refractivity contribution in [3.05, 3.63) is 40.6 Å². The quantitative estimate of drug-likeness (QED) is 0.869. The van der Waals surface area contributed by atoms with Gasteiger partial charge in [-0.1, -0.05) is 6.92 Å². The molecule has 1 N–H and O–H groups in total. The second kappa shape index (κ2) is 6.47. The summed E-state index contributed by atoms with van der Waals surface area (Å²) in [5.74, 6) is 0.819. The van der Waals surface area contributed by atoms with Gasteiger partial charge in [-0.05, 0) is 12.6 Å². The molecule has 0 aliphatic heterocycles. The molecule has 0 fully saturated rings. The average molecular weight is 263 g/mol. The molecule has 1 unspecified atom stereocenters. The second-order valence-corrected chi connectivity index (χ2v) is 4.84. The summed E-state index contributed by atoms with van der Waals surface area (Å²) in [6.07, 6.45) is 6.25. The number of nitrogens with zero attached hydrogens (tertiary/aromatic N) is 2. The summed E-state index contributed by atoms with van der Waals surface area (Å²) in [7, 11) is 1.67. The zero-order valence-corrected chi connectivity index (χ0v) is 11.4. The van der Waals surface area contributed by atoms with Crippen LogP contribution in [0.4, 0.5) is 0 Å². The van der Waals surface area contributed by atoms with E-state index in [1.165, 1.54) is 0 Å². The van der Waals surface area contributed by atoms with Crippen LogP contribution in [0.1, 0.15) is 23.5 Å². The fraction of sp³-hybridized carbons (Fsp3) is 0.385. The van der Waals surface area contributed by atoms with E-state index in [1.807, 2.05) is 17.6 Å². The molecule has 0 radical (unpaired) electrons. The van der Waals surface area contributed by atoms with Crippen LogP contribution in [0.25, 0.3) is 0 Å². The van der Waals surface area contributed by atoms with E-state index in [4.69, 9.17) is 4.74 Å². The number of likely N-dealkylation sites (N-methyl/N-ethyl adjacent to an activating group) is 1. The monoisotopic (exact) mass is 263 g/mol. The number of rotatable bonds is 6. The molecule has 0 aliphatic rings. The maximum atomic E-state index is 5.37. The van der Waals surface area contributed by atoms with Crippen LogP contribution in [0.15, 0.2) is 30.0 Å². The molecule has 96 valence electrons. The molecular weight excluding hydrogens is 246 g/mol. The van der Waals surface area contributed by atoms with Gasteiger partial charge in [-0.25, -0.2) is 4.98 Å². The van der Waals surface area contributed by atoms with Crippen molar-refractivity contribution in [1.29, 1.82) is 0 Å². The third-order valence-corrected chi connectivity index (χ3v) is 3.53. The molecule has 2 heterocycles. The Bertz CT molecular complexity index is 473. The molecule has 18 heavy (non-hydrogen) atoms. The number of pyridine rings is 1. The Labute approximate surface area is 111 Å². The van der Waals surface area contributed by atoms with Crippen LogP contribution < -0.4 is 10.1 Å². The SMILES string of the molecule is CCNC(Cc1nccs1)c1ccncc1OC. The van der Waals surface area contributed by atoms with Crippen molar-refractivity contribution in [1.82, 2.24) is 15.3 Å². The van der Waals surface area contributed by atoms with Crippen LogP contribution in [0, 0.1) is 0 Å². The Morgan fingerprint density at radius 1 is 1.44 bits per heavy atom. The van der Waals surface area contributed by atoms with Gasteiger partial charge in [0.15, 0.2) is 0 Å². The Morgan fingerprint density at radius 2 is 2.33 bits per heavy atom. The highest BCUT2D eigenvalue weighted by Crippen LogP contribution is 2.27. The van der Waals surface area contributed by atoms with Crippen LogP contribution >= 0.6 is 11.3 Å². The van der Waals surface area contributed by atoms with Crippen molar-refractivity contribution in [2.45, 2.75) is 19.4 Å². The Balaban J connectivity index is 2.23. The van der Waals surface area contributed by atoms with Gasteiger partial charge in [0.1, 0.15) is 5.75 Å². The van der Waals surface area contributed by atoms with Crippen molar-refractivity contribution in [3.8, 4) is 5.75 Å². The first kappa shape index (κ1) is 13.0. The van der Waals surface area contributed by atoms with E-state index in [-0.39, 0.29) is 6.04 Å². The number of hydrogen-bond acceptors (Lipinski definition) is 5. The first-order chi connectivity index (χ1) is 8.85. The Morgan fingerprint density at radius 3 is 3.00 bits per heavy atom. The van der Waals surface area contributed by atoms with Crippen molar-refractivity contribution in [3.63, 3.8) is 0 Å². The van der Waals surface area contributed by atoms with E-state index < -0.39 is 0 Å². The predicted molar refractivity (Wildman–Crippen MR) is 73.0 cm³/mol. The molecule has 5 heteroatoms. The average Bonchev–Trinajstić information content (AvgIpc) is 2.91. The summed E-state index contributed by atoms with van der Waals surface area (Å²) in [6.45, 7) is 3.00. The smallest absolute Gasteiger partial charge is 0.141 e. The molecule has 2 aromatic rings. The van der Waals surface area contributed by atoms with Crippen LogP contribution in [0.2, 0.25) is 0 Å². The minimum absolute atomic E-state index is 0.208. The summed E-state index contributed by atoms with van der Waals surface area (Å²) in [4.78, 5) is 8.43. The Kier molecular flexibility index (Phi) is 4.66. The predicted octanol–water partition coefficient (Wildman–Crippen LogP) is 2.44. The lowest BCUT2D eigenvalue weighted by Crippen LogP contribution is -2.23. The lowest BCUT2D eigenvalue weighted by molar-refractivity contribution is 0.397. The third kappa shape index (κ3) is 3.05. The Hall–Kier alpha value is -1.46. The third-order valence-electron chi connectivity index (χ3n) is 2.72. The molecule has 0 aromatic carbocycles. The van der Waals surface area contributed by atoms with E-state index >= 15 is 0 Å². The van der Waals surface area contributed by atoms with Gasteiger partial charge in [-0.3, -0.25) is 4.98 Å². The highest BCUT2D eigenvalue weighted by Gasteiger charge is 2.16. The zero-order chi connectivity index (χ0) is 12.8. The first-order valence-corrected chi connectivity index (χ1v) is 6.82. The topological polar surface area (TPSA) is 47.0 Å². The summed E-state index contributed by atoms with van der Waals surface area (Å²) < 4.78 is 5.37. The number of hydrogen-bond donors (Lipinski definition) is 1. The summed E-state index contributed by atoms with van der Waals surface area (Å²) in [5.41, 5.74) is 1.13. The van der Waals surface area contributed by atoms with Gasteiger partial charge in [0.05, 0.1) is 18.3 Å². The van der Waals surface area contributed by atoms with Crippen LogP contribution in [-0.2, 0) is 6.42 Å². The standard InChI is InChI=1S/C13H17N3OS/c1-3-15-11(8-13-16-6-7-18-13)10-4-5-14-9-12(10)17-2/h4-7,9,11,15H,3,8H2,1-2H3. The summed E-state index contributed by atoms with van der Waals surface area (Å²) in [6, 6.07) is 2.21. The number of aromatic nitrogens is 2. The number of thiazole rings is 1. The molecule has 2 aromatic heterocycles. The first-order valence-electron chi connectivity index (χ1n) is 5.94. The lowest BCUT2D eigenvalue weighted by atomic mass is 10.0. The maximum Gasteiger partial charge on any atom is 0.141 e. The van der Waals surface area contributed by atoms with E-state index in [1.54, 1.807) is 30.8 Å². The molecule has 0 saturated carbocycles. The molecule has 0 saturated heterocycles. The molecular formula is C13H17N3OS. The highest BCUT2D eigenvalue weighted by atomic mass is 32.1. The van der Waals surface area contributed by atoms with Gasteiger partial charge in [0.25, 0.3) is 0 Å². The second-order valence-electron chi connectivity index (χ2n) is 3.86. The maximum absolute atomic E-state index is 5.37. The van der Waals surface area contributed by atoms with Gasteiger partial charge in [-0.2, -0.15) is 0 Å². The van der Waals surface area contributed by atoms with E-state index in [9.17, 15) is 0 Å². The van der Waals surface area contributed by atoms with Gasteiger partial charge < -0.3 is 10.1 Å². The van der Waals surface area contributed by atoms with Gasteiger partial charge in [0, 0.05) is 35.8 Å². The van der Waals surface area contributed by atoms with Crippen LogP contribution in [0.5, 0.6) is 5.75 Å². The van der Waals surface area contributed by atoms with Gasteiger partial charge in [-0.15, -0.1) is 11.3 Å². The minimum Gasteiger partial charge on any atom is -0.495 e. The fourth-order valence-corrected chi connectivity index (χ4v) is 2.58. The number of nitrogens with one attached hydrogen (secondary N) is 1. The number of ether oxygens (including phenoxy) is 1. The molecule has 0 spiro atoms. The summed E-state index contributed by atoms with van der Waals surface area (Å²) >= 11 is 1.68. The van der Waals surface area contributed by atoms with Crippen molar-refractivity contribution in [2.75, 3.05) is 13.7 Å². The van der Waals surface area contributed by atoms with Gasteiger partial charge in [0.2, 0.25) is 0 Å². The fourth-order valence-electron chi connectivity index (χ4n) is 1.92. The van der Waals surface area contributed by atoms with E-state index in [0.717, 1.165) is 29.3 Å². The molecule has 1 atom stereocenters. The normalized spacial score (nSPS) is 12.3. The molecule has 0 bridgehead atoms. The number of methoxy groups -OCH3 is 1. The van der Waals surface area contributed by atoms with E-state index in [2.05, 4.69) is 22.2 Å². The minimum atomic E-state index is 0.208. The molecule has 4 nitrogen and oxygen atoms in total. The largest absolute Gasteiger partial charge is 0.495 e. The van der Waals surface area contributed by atoms with Crippen LogP contribution in [0.3, 0.4) is 0 Å². The lowest BCUT2D eigenvalue weighted by Gasteiger charge is -2.19. The van der Waals surface area contributed by atoms with Gasteiger partial charge >= 0.3 is 0 Å². The molecule has 0 aliphatic carbocycles. The summed E-state index contributed by atoms with van der Waals surface area (Å²) in [5, 5.41) is 6.60. The van der Waals surface area contributed by atoms with Crippen molar-refractivity contribution < 1.29 is 4.74 Å². The van der Waals surface area contributed by atoms with Crippen molar-refractivity contribution >= 4 is 11.3 Å². The van der Waals surface area contributed by atoms with E-state index in [0.29, 0.717) is 0 Å².